The summed E-state index contributed by atoms with van der Waals surface area (Å²) in [6.45, 7) is 18.6. The predicted octanol–water partition coefficient (Wildman–Crippen LogP) is 5.61. The van der Waals surface area contributed by atoms with E-state index in [2.05, 4.69) is 21.4 Å². The number of fused-ring (bicyclic) bond motifs is 1. The van der Waals surface area contributed by atoms with E-state index in [0.29, 0.717) is 52.0 Å². The predicted molar refractivity (Wildman–Crippen MR) is 166 cm³/mol. The Kier molecular flexibility index (Phi) is 7.74. The second-order valence-electron chi connectivity index (χ2n) is 10.9. The van der Waals surface area contributed by atoms with Crippen molar-refractivity contribution in [3.05, 3.63) is 67.6 Å². The second kappa shape index (κ2) is 11.0. The number of piperazine rings is 1. The lowest BCUT2D eigenvalue weighted by Crippen LogP contribution is -2.58. The fourth-order valence-corrected chi connectivity index (χ4v) is 6.63. The number of amides is 1. The second-order valence-corrected chi connectivity index (χ2v) is 12.8. The molecule has 9 nitrogen and oxygen atoms in total. The Balaban J connectivity index is 1.82. The molecular weight excluding hydrogens is 558 g/mol. The monoisotopic (exact) mass is 591 g/mol. The molecule has 0 bridgehead atoms. The molecule has 5 rings (SSSR count). The third-order valence-electron chi connectivity index (χ3n) is 7.57. The zero-order chi connectivity index (χ0) is 29.7. The average Bonchev–Trinajstić information content (AvgIpc) is 3.26. The van der Waals surface area contributed by atoms with Gasteiger partial charge in [0.25, 0.3) is 0 Å². The maximum atomic E-state index is 14.1. The third-order valence-corrected chi connectivity index (χ3v) is 8.74. The van der Waals surface area contributed by atoms with Crippen LogP contribution in [-0.4, -0.2) is 60.5 Å². The molecule has 1 fully saturated rings. The maximum Gasteiger partial charge on any atom is 0.355 e. The number of hydrogen-bond donors (Lipinski definition) is 0. The van der Waals surface area contributed by atoms with E-state index in [0.717, 1.165) is 21.1 Å². The number of nitrogens with zero attached hydrogens (tertiary/aromatic N) is 7. The summed E-state index contributed by atoms with van der Waals surface area (Å²) in [6, 6.07) is 3.49. The molecule has 1 amide bonds. The highest BCUT2D eigenvalue weighted by atomic mass is 35.5. The van der Waals surface area contributed by atoms with Crippen molar-refractivity contribution >= 4 is 45.7 Å². The van der Waals surface area contributed by atoms with Crippen LogP contribution in [-0.2, 0) is 4.79 Å². The Morgan fingerprint density at radius 1 is 1.12 bits per heavy atom. The van der Waals surface area contributed by atoms with Crippen molar-refractivity contribution in [3.8, 4) is 17.1 Å². The molecule has 0 aliphatic carbocycles. The van der Waals surface area contributed by atoms with Gasteiger partial charge >= 0.3 is 5.69 Å². The molecular formula is C30H34ClN7O2S. The Bertz CT molecular complexity index is 1750. The normalized spacial score (nSPS) is 17.5. The van der Waals surface area contributed by atoms with Crippen molar-refractivity contribution in [1.82, 2.24) is 29.4 Å². The van der Waals surface area contributed by atoms with Gasteiger partial charge in [-0.1, -0.05) is 32.0 Å². The van der Waals surface area contributed by atoms with Gasteiger partial charge < -0.3 is 9.80 Å². The van der Waals surface area contributed by atoms with Gasteiger partial charge in [-0.25, -0.2) is 19.3 Å². The van der Waals surface area contributed by atoms with E-state index in [1.54, 1.807) is 27.0 Å². The molecule has 41 heavy (non-hydrogen) atoms. The van der Waals surface area contributed by atoms with Crippen LogP contribution in [0.1, 0.15) is 54.8 Å². The minimum Gasteiger partial charge on any atom is -0.349 e. The Morgan fingerprint density at radius 3 is 2.49 bits per heavy atom. The molecule has 1 aliphatic heterocycles. The number of halogens is 1. The number of hydrogen-bond acceptors (Lipinski definition) is 8. The first kappa shape index (κ1) is 28.9. The molecule has 0 N–H and O–H groups in total. The number of anilines is 1. The van der Waals surface area contributed by atoms with E-state index in [9.17, 15) is 9.59 Å². The lowest BCUT2D eigenvalue weighted by molar-refractivity contribution is -0.128. The number of carbonyl (C=O) groups excluding carboxylic acids is 1. The quantitative estimate of drug-likeness (QED) is 0.278. The summed E-state index contributed by atoms with van der Waals surface area (Å²) >= 11 is 8.50. The lowest BCUT2D eigenvalue weighted by atomic mass is 10.0. The first-order chi connectivity index (χ1) is 19.4. The number of rotatable bonds is 5. The molecule has 1 aliphatic rings. The van der Waals surface area contributed by atoms with Crippen molar-refractivity contribution in [2.75, 3.05) is 18.0 Å². The summed E-state index contributed by atoms with van der Waals surface area (Å²) in [5.74, 6) is 0.429. The van der Waals surface area contributed by atoms with Gasteiger partial charge in [0.2, 0.25) is 5.91 Å². The molecule has 11 heteroatoms. The number of carbonyl (C=O) groups is 1. The van der Waals surface area contributed by atoms with Crippen LogP contribution in [0.15, 0.2) is 35.8 Å². The number of aromatic nitrogens is 5. The number of pyridine rings is 2. The Labute approximate surface area is 248 Å². The number of aryl methyl sites for hydroxylation is 3. The maximum absolute atomic E-state index is 14.1. The van der Waals surface area contributed by atoms with Gasteiger partial charge in [0, 0.05) is 36.2 Å². The largest absolute Gasteiger partial charge is 0.355 e. The van der Waals surface area contributed by atoms with Crippen molar-refractivity contribution in [2.24, 2.45) is 0 Å². The zero-order valence-electron chi connectivity index (χ0n) is 24.4. The van der Waals surface area contributed by atoms with E-state index >= 15 is 0 Å². The Morgan fingerprint density at radius 2 is 1.85 bits per heavy atom. The molecule has 0 spiro atoms. The molecule has 2 unspecified atom stereocenters. The summed E-state index contributed by atoms with van der Waals surface area (Å²) in [5, 5.41) is 1.97. The fraction of sp³-hybridized carbons (Fsp3) is 0.400. The highest BCUT2D eigenvalue weighted by Crippen LogP contribution is 2.37. The highest BCUT2D eigenvalue weighted by molar-refractivity contribution is 7.11. The van der Waals surface area contributed by atoms with Crippen LogP contribution in [0, 0.1) is 20.8 Å². The van der Waals surface area contributed by atoms with Crippen LogP contribution < -0.4 is 10.6 Å². The van der Waals surface area contributed by atoms with Gasteiger partial charge in [-0.05, 0) is 64.3 Å². The molecule has 214 valence electrons. The average molecular weight is 592 g/mol. The van der Waals surface area contributed by atoms with Crippen LogP contribution in [0.4, 0.5) is 5.82 Å². The SMILES string of the molecule is C=CC(=O)N1CC(C)N(c2nc(=O)n(-c3c(C)ccnc3C(C)C)c3nc(-c4nc(C)sc4C)c(Cl)cc23)CC1C. The molecule has 0 radical (unpaired) electrons. The molecule has 4 aromatic heterocycles. The van der Waals surface area contributed by atoms with Gasteiger partial charge in [0.1, 0.15) is 17.2 Å². The zero-order valence-corrected chi connectivity index (χ0v) is 26.0. The first-order valence-electron chi connectivity index (χ1n) is 13.7. The van der Waals surface area contributed by atoms with E-state index in [1.165, 1.54) is 6.08 Å². The standard InChI is InChI=1S/C30H34ClN7O2S/c1-9-23(39)36-13-18(6)37(14-17(36)5)28-21-12-22(31)26(25-19(7)41-20(8)33-25)34-29(21)38(30(40)35-28)27-16(4)10-11-32-24(27)15(2)3/h9-12,15,17-18H,1,13-14H2,2-8H3. The van der Waals surface area contributed by atoms with E-state index < -0.39 is 5.69 Å². The van der Waals surface area contributed by atoms with E-state index in [4.69, 9.17) is 21.6 Å². The van der Waals surface area contributed by atoms with Crippen molar-refractivity contribution in [2.45, 2.75) is 66.5 Å². The summed E-state index contributed by atoms with van der Waals surface area (Å²) in [4.78, 5) is 50.5. The summed E-state index contributed by atoms with van der Waals surface area (Å²) in [5.41, 5.74) is 3.53. The first-order valence-corrected chi connectivity index (χ1v) is 14.9. The minimum absolute atomic E-state index is 0.0538. The molecule has 4 aromatic rings. The molecule has 1 saturated heterocycles. The van der Waals surface area contributed by atoms with Gasteiger partial charge in [-0.2, -0.15) is 4.98 Å². The van der Waals surface area contributed by atoms with Crippen molar-refractivity contribution in [3.63, 3.8) is 0 Å². The Hall–Kier alpha value is -3.63. The molecule has 2 atom stereocenters. The fourth-order valence-electron chi connectivity index (χ4n) is 5.57. The van der Waals surface area contributed by atoms with Crippen molar-refractivity contribution < 1.29 is 4.79 Å². The van der Waals surface area contributed by atoms with Crippen LogP contribution in [0.3, 0.4) is 0 Å². The van der Waals surface area contributed by atoms with E-state index in [1.807, 2.05) is 60.6 Å². The summed E-state index contributed by atoms with van der Waals surface area (Å²) in [6.07, 6.45) is 3.09. The molecule has 0 aromatic carbocycles. The third kappa shape index (κ3) is 5.04. The van der Waals surface area contributed by atoms with Gasteiger partial charge in [-0.3, -0.25) is 9.78 Å². The topological polar surface area (TPSA) is 97.1 Å². The van der Waals surface area contributed by atoms with Gasteiger partial charge in [0.05, 0.1) is 26.8 Å². The summed E-state index contributed by atoms with van der Waals surface area (Å²) < 4.78 is 1.57. The number of thiazole rings is 1. The van der Waals surface area contributed by atoms with Crippen LogP contribution >= 0.6 is 22.9 Å². The van der Waals surface area contributed by atoms with Gasteiger partial charge in [-0.15, -0.1) is 11.3 Å². The van der Waals surface area contributed by atoms with Crippen molar-refractivity contribution in [1.29, 1.82) is 0 Å². The van der Waals surface area contributed by atoms with E-state index in [-0.39, 0.29) is 23.9 Å². The smallest absolute Gasteiger partial charge is 0.349 e. The van der Waals surface area contributed by atoms with Gasteiger partial charge in [0.15, 0.2) is 5.65 Å². The lowest BCUT2D eigenvalue weighted by Gasteiger charge is -2.44. The minimum atomic E-state index is -0.457. The molecule has 5 heterocycles. The summed E-state index contributed by atoms with van der Waals surface area (Å²) in [7, 11) is 0. The highest BCUT2D eigenvalue weighted by Gasteiger charge is 2.34. The molecule has 0 saturated carbocycles. The van der Waals surface area contributed by atoms with Crippen LogP contribution in [0.25, 0.3) is 28.1 Å². The van der Waals surface area contributed by atoms with Crippen LogP contribution in [0.5, 0.6) is 0 Å². The van der Waals surface area contributed by atoms with Crippen LogP contribution in [0.2, 0.25) is 5.02 Å².